The molecule has 2 heteroatoms. The summed E-state index contributed by atoms with van der Waals surface area (Å²) in [4.78, 5) is 5.40. The highest BCUT2D eigenvalue weighted by atomic mass is 15.4. The molecule has 0 aromatic heterocycles. The molecule has 274 valence electrons. The van der Waals surface area contributed by atoms with Gasteiger partial charge in [0.05, 0.1) is 0 Å². The third-order valence-electron chi connectivity index (χ3n) is 10.8. The number of hydrogen-bond donors (Lipinski definition) is 0. The van der Waals surface area contributed by atoms with E-state index in [1.54, 1.807) is 0 Å². The van der Waals surface area contributed by atoms with E-state index in [-0.39, 0.29) is 0 Å². The standard InChI is InChI=1S/C44H88N2/c1-4-7-10-12-14-16-18-20-22-23-25-27-29-31-33-35-38-41-46-43-42-45(44(46)39-36-9-6-3)40-37-34-32-30-28-26-24-21-19-17-15-13-11-8-5-2/h42-44H,4-41H2,1-3H3. The predicted molar refractivity (Wildman–Crippen MR) is 210 cm³/mol. The molecular formula is C44H88N2. The molecule has 0 bridgehead atoms. The van der Waals surface area contributed by atoms with E-state index in [0.29, 0.717) is 6.17 Å². The van der Waals surface area contributed by atoms with Gasteiger partial charge in [0, 0.05) is 25.5 Å². The van der Waals surface area contributed by atoms with Crippen LogP contribution in [0.15, 0.2) is 12.4 Å². The first-order valence-electron chi connectivity index (χ1n) is 22.0. The summed E-state index contributed by atoms with van der Waals surface area (Å²) in [5.41, 5.74) is 0. The van der Waals surface area contributed by atoms with Crippen LogP contribution in [0.25, 0.3) is 0 Å². The van der Waals surface area contributed by atoms with Crippen LogP contribution >= 0.6 is 0 Å². The Hall–Kier alpha value is -0.660. The molecule has 0 radical (unpaired) electrons. The lowest BCUT2D eigenvalue weighted by atomic mass is 10.0. The first kappa shape index (κ1) is 43.4. The molecule has 0 aliphatic carbocycles. The van der Waals surface area contributed by atoms with Crippen molar-refractivity contribution in [1.29, 1.82) is 0 Å². The summed E-state index contributed by atoms with van der Waals surface area (Å²) in [5.74, 6) is 0. The van der Waals surface area contributed by atoms with E-state index in [1.807, 2.05) is 0 Å². The van der Waals surface area contributed by atoms with Crippen molar-refractivity contribution in [3.8, 4) is 0 Å². The third-order valence-corrected chi connectivity index (χ3v) is 10.8. The summed E-state index contributed by atoms with van der Waals surface area (Å²) in [6.45, 7) is 9.50. The van der Waals surface area contributed by atoms with Crippen molar-refractivity contribution in [2.75, 3.05) is 13.1 Å². The number of unbranched alkanes of at least 4 members (excludes halogenated alkanes) is 32. The molecule has 1 heterocycles. The van der Waals surface area contributed by atoms with Crippen molar-refractivity contribution in [3.63, 3.8) is 0 Å². The van der Waals surface area contributed by atoms with Crippen LogP contribution in [0, 0.1) is 0 Å². The van der Waals surface area contributed by atoms with Crippen molar-refractivity contribution >= 4 is 0 Å². The molecule has 0 fully saturated rings. The lowest BCUT2D eigenvalue weighted by molar-refractivity contribution is 0.135. The summed E-state index contributed by atoms with van der Waals surface area (Å²) in [7, 11) is 0. The molecule has 0 spiro atoms. The number of rotatable bonds is 38. The van der Waals surface area contributed by atoms with Gasteiger partial charge in [-0.3, -0.25) is 0 Å². The molecule has 1 aliphatic heterocycles. The molecule has 1 aliphatic rings. The van der Waals surface area contributed by atoms with Gasteiger partial charge in [0.1, 0.15) is 6.17 Å². The Bertz CT molecular complexity index is 601. The van der Waals surface area contributed by atoms with Gasteiger partial charge in [0.25, 0.3) is 0 Å². The van der Waals surface area contributed by atoms with Crippen molar-refractivity contribution in [2.24, 2.45) is 0 Å². The summed E-state index contributed by atoms with van der Waals surface area (Å²) < 4.78 is 0. The highest BCUT2D eigenvalue weighted by Crippen LogP contribution is 2.24. The topological polar surface area (TPSA) is 6.48 Å². The fourth-order valence-electron chi connectivity index (χ4n) is 7.60. The van der Waals surface area contributed by atoms with Crippen LogP contribution in [0.3, 0.4) is 0 Å². The van der Waals surface area contributed by atoms with Crippen LogP contribution in [-0.4, -0.2) is 29.1 Å². The maximum absolute atomic E-state index is 2.70. The van der Waals surface area contributed by atoms with Gasteiger partial charge >= 0.3 is 0 Å². The van der Waals surface area contributed by atoms with Gasteiger partial charge in [-0.15, -0.1) is 0 Å². The van der Waals surface area contributed by atoms with Gasteiger partial charge in [0.15, 0.2) is 0 Å². The Morgan fingerprint density at radius 2 is 0.500 bits per heavy atom. The normalized spacial score (nSPS) is 14.7. The first-order chi connectivity index (χ1) is 22.8. The Balaban J connectivity index is 1.99. The maximum Gasteiger partial charge on any atom is 0.101 e. The van der Waals surface area contributed by atoms with Crippen LogP contribution in [0.1, 0.15) is 252 Å². The van der Waals surface area contributed by atoms with E-state index >= 15 is 0 Å². The molecule has 0 saturated carbocycles. The second kappa shape index (κ2) is 35.6. The minimum atomic E-state index is 0.638. The van der Waals surface area contributed by atoms with Gasteiger partial charge < -0.3 is 9.80 Å². The van der Waals surface area contributed by atoms with Crippen LogP contribution in [-0.2, 0) is 0 Å². The third kappa shape index (κ3) is 27.3. The maximum atomic E-state index is 2.70. The van der Waals surface area contributed by atoms with E-state index in [1.165, 1.54) is 244 Å². The molecular weight excluding hydrogens is 556 g/mol. The monoisotopic (exact) mass is 645 g/mol. The van der Waals surface area contributed by atoms with Crippen LogP contribution < -0.4 is 0 Å². The van der Waals surface area contributed by atoms with Gasteiger partial charge in [-0.1, -0.05) is 226 Å². The molecule has 1 rings (SSSR count). The predicted octanol–water partition coefficient (Wildman–Crippen LogP) is 15.5. The van der Waals surface area contributed by atoms with Crippen LogP contribution in [0.2, 0.25) is 0 Å². The number of nitrogens with zero attached hydrogens (tertiary/aromatic N) is 2. The van der Waals surface area contributed by atoms with Gasteiger partial charge in [-0.25, -0.2) is 0 Å². The summed E-state index contributed by atoms with van der Waals surface area (Å²) >= 11 is 0. The zero-order valence-corrected chi connectivity index (χ0v) is 32.5. The van der Waals surface area contributed by atoms with E-state index < -0.39 is 0 Å². The van der Waals surface area contributed by atoms with E-state index in [2.05, 4.69) is 43.0 Å². The highest BCUT2D eigenvalue weighted by molar-refractivity contribution is 4.97. The van der Waals surface area contributed by atoms with Crippen molar-refractivity contribution < 1.29 is 0 Å². The fraction of sp³-hybridized carbons (Fsp3) is 0.955. The van der Waals surface area contributed by atoms with Crippen molar-refractivity contribution in [2.45, 2.75) is 258 Å². The van der Waals surface area contributed by atoms with Crippen molar-refractivity contribution in [1.82, 2.24) is 9.80 Å². The van der Waals surface area contributed by atoms with Gasteiger partial charge in [-0.05, 0) is 25.7 Å². The van der Waals surface area contributed by atoms with Gasteiger partial charge in [0.2, 0.25) is 0 Å². The van der Waals surface area contributed by atoms with E-state index in [4.69, 9.17) is 0 Å². The highest BCUT2D eigenvalue weighted by Gasteiger charge is 2.24. The Kier molecular flexibility index (Phi) is 33.6. The Labute approximate surface area is 292 Å². The van der Waals surface area contributed by atoms with E-state index in [9.17, 15) is 0 Å². The molecule has 1 unspecified atom stereocenters. The Morgan fingerprint density at radius 3 is 0.761 bits per heavy atom. The molecule has 0 aromatic carbocycles. The summed E-state index contributed by atoms with van der Waals surface area (Å²) in [6, 6.07) is 0. The van der Waals surface area contributed by atoms with Crippen LogP contribution in [0.5, 0.6) is 0 Å². The average Bonchev–Trinajstić information content (AvgIpc) is 3.45. The molecule has 0 aromatic rings. The Morgan fingerprint density at radius 1 is 0.283 bits per heavy atom. The van der Waals surface area contributed by atoms with Crippen LogP contribution in [0.4, 0.5) is 0 Å². The average molecular weight is 645 g/mol. The molecule has 0 N–H and O–H groups in total. The van der Waals surface area contributed by atoms with Gasteiger partial charge in [-0.2, -0.15) is 0 Å². The largest absolute Gasteiger partial charge is 0.356 e. The number of hydrogen-bond acceptors (Lipinski definition) is 2. The molecule has 0 amide bonds. The lowest BCUT2D eigenvalue weighted by Gasteiger charge is -2.33. The fourth-order valence-corrected chi connectivity index (χ4v) is 7.60. The zero-order valence-electron chi connectivity index (χ0n) is 32.5. The van der Waals surface area contributed by atoms with Crippen molar-refractivity contribution in [3.05, 3.63) is 12.4 Å². The first-order valence-corrected chi connectivity index (χ1v) is 22.0. The summed E-state index contributed by atoms with van der Waals surface area (Å²) in [6.07, 6.45) is 57.4. The SMILES string of the molecule is CCCCCCCCCCCCCCCCCCCN1C=CN(CCCCCCCCCCCCCCCCC)C1CCCCC. The second-order valence-corrected chi connectivity index (χ2v) is 15.4. The minimum absolute atomic E-state index is 0.638. The molecule has 1 atom stereocenters. The lowest BCUT2D eigenvalue weighted by Crippen LogP contribution is -2.39. The zero-order chi connectivity index (χ0) is 33.0. The minimum Gasteiger partial charge on any atom is -0.356 e. The second-order valence-electron chi connectivity index (χ2n) is 15.4. The quantitative estimate of drug-likeness (QED) is 0.0617. The molecule has 2 nitrogen and oxygen atoms in total. The molecule has 46 heavy (non-hydrogen) atoms. The smallest absolute Gasteiger partial charge is 0.101 e. The summed E-state index contributed by atoms with van der Waals surface area (Å²) in [5, 5.41) is 0. The van der Waals surface area contributed by atoms with E-state index in [0.717, 1.165) is 0 Å². The molecule has 0 saturated heterocycles.